The summed E-state index contributed by atoms with van der Waals surface area (Å²) >= 11 is 0. The maximum Gasteiger partial charge on any atom is 0.407 e. The third-order valence-corrected chi connectivity index (χ3v) is 5.58. The largest absolute Gasteiger partial charge is 0.465 e. The summed E-state index contributed by atoms with van der Waals surface area (Å²) in [6, 6.07) is 8.22. The van der Waals surface area contributed by atoms with Crippen LogP contribution in [0.15, 0.2) is 30.3 Å². The summed E-state index contributed by atoms with van der Waals surface area (Å²) in [6.45, 7) is 4.97. The molecule has 9 heteroatoms. The van der Waals surface area contributed by atoms with Crippen molar-refractivity contribution in [3.8, 4) is 0 Å². The first kappa shape index (κ1) is 21.9. The monoisotopic (exact) mass is 419 g/mol. The third-order valence-electron chi connectivity index (χ3n) is 5.58. The van der Waals surface area contributed by atoms with Gasteiger partial charge in [-0.3, -0.25) is 9.80 Å². The van der Waals surface area contributed by atoms with Gasteiger partial charge in [-0.2, -0.15) is 0 Å². The number of rotatable bonds is 5. The second-order valence-electron chi connectivity index (χ2n) is 8.11. The zero-order valence-electron chi connectivity index (χ0n) is 17.6. The molecule has 30 heavy (non-hydrogen) atoms. The van der Waals surface area contributed by atoms with Gasteiger partial charge in [-0.1, -0.05) is 44.2 Å². The second-order valence-corrected chi connectivity index (χ2v) is 8.11. The Bertz CT molecular complexity index is 778. The molecule has 3 rings (SSSR count). The van der Waals surface area contributed by atoms with Crippen LogP contribution in [-0.2, 0) is 20.9 Å². The lowest BCUT2D eigenvalue weighted by Crippen LogP contribution is -2.76. The van der Waals surface area contributed by atoms with Crippen molar-refractivity contribution in [2.24, 2.45) is 5.92 Å². The molecule has 3 amide bonds. The minimum absolute atomic E-state index is 0.104. The van der Waals surface area contributed by atoms with Crippen LogP contribution in [-0.4, -0.2) is 83.0 Å². The van der Waals surface area contributed by atoms with Crippen LogP contribution in [0.2, 0.25) is 0 Å². The molecule has 1 aromatic rings. The molecule has 0 aromatic heterocycles. The molecular weight excluding hydrogens is 390 g/mol. The van der Waals surface area contributed by atoms with Crippen molar-refractivity contribution in [2.45, 2.75) is 38.6 Å². The van der Waals surface area contributed by atoms with E-state index >= 15 is 0 Å². The SMILES string of the molecule is CC(C)[C@@H](C(=O)OCc1ccccc1)N(C)C(=O)N1CCCOC12CN(C(=O)O)C2. The summed E-state index contributed by atoms with van der Waals surface area (Å²) in [7, 11) is 1.58. The van der Waals surface area contributed by atoms with Gasteiger partial charge in [0.1, 0.15) is 12.6 Å². The molecule has 9 nitrogen and oxygen atoms in total. The first-order chi connectivity index (χ1) is 14.2. The Morgan fingerprint density at radius 2 is 1.90 bits per heavy atom. The Hall–Kier alpha value is -2.81. The number of hydrogen-bond donors (Lipinski definition) is 1. The lowest BCUT2D eigenvalue weighted by Gasteiger charge is -2.56. The van der Waals surface area contributed by atoms with Crippen LogP contribution in [0, 0.1) is 5.92 Å². The molecular formula is C21H29N3O6. The second kappa shape index (κ2) is 8.91. The summed E-state index contributed by atoms with van der Waals surface area (Å²) in [5.74, 6) is -0.641. The van der Waals surface area contributed by atoms with Gasteiger partial charge in [0.2, 0.25) is 0 Å². The molecule has 1 atom stereocenters. The van der Waals surface area contributed by atoms with Crippen molar-refractivity contribution in [2.75, 3.05) is 33.3 Å². The minimum Gasteiger partial charge on any atom is -0.465 e. The zero-order chi connectivity index (χ0) is 21.9. The van der Waals surface area contributed by atoms with E-state index in [1.807, 2.05) is 44.2 Å². The quantitative estimate of drug-likeness (QED) is 0.735. The molecule has 2 aliphatic heterocycles. The van der Waals surface area contributed by atoms with Crippen LogP contribution in [0.4, 0.5) is 9.59 Å². The topological polar surface area (TPSA) is 99.6 Å². The number of benzene rings is 1. The number of nitrogens with zero attached hydrogens (tertiary/aromatic N) is 3. The Morgan fingerprint density at radius 3 is 2.50 bits per heavy atom. The molecule has 0 radical (unpaired) electrons. The van der Waals surface area contributed by atoms with Crippen molar-refractivity contribution < 1.29 is 29.0 Å². The van der Waals surface area contributed by atoms with Crippen LogP contribution in [0.3, 0.4) is 0 Å². The van der Waals surface area contributed by atoms with Gasteiger partial charge < -0.3 is 19.5 Å². The molecule has 1 N–H and O–H groups in total. The Labute approximate surface area is 176 Å². The van der Waals surface area contributed by atoms with Gasteiger partial charge in [0.05, 0.1) is 19.7 Å². The molecule has 0 bridgehead atoms. The fourth-order valence-corrected chi connectivity index (χ4v) is 3.98. The summed E-state index contributed by atoms with van der Waals surface area (Å²) in [5, 5.41) is 9.16. The van der Waals surface area contributed by atoms with E-state index < -0.39 is 23.8 Å². The van der Waals surface area contributed by atoms with Crippen LogP contribution < -0.4 is 0 Å². The molecule has 0 saturated carbocycles. The maximum absolute atomic E-state index is 13.3. The molecule has 2 heterocycles. The van der Waals surface area contributed by atoms with Crippen LogP contribution >= 0.6 is 0 Å². The highest BCUT2D eigenvalue weighted by molar-refractivity contribution is 5.84. The number of likely N-dealkylation sites (tertiary alicyclic amines) is 1. The number of urea groups is 1. The van der Waals surface area contributed by atoms with E-state index in [0.717, 1.165) is 5.56 Å². The summed E-state index contributed by atoms with van der Waals surface area (Å²) in [6.07, 6.45) is -0.390. The lowest BCUT2D eigenvalue weighted by atomic mass is 9.99. The van der Waals surface area contributed by atoms with Gasteiger partial charge in [-0.15, -0.1) is 0 Å². The number of likely N-dealkylation sites (N-methyl/N-ethyl adjacent to an activating group) is 1. The number of hydrogen-bond acceptors (Lipinski definition) is 5. The van der Waals surface area contributed by atoms with Gasteiger partial charge in [0.15, 0.2) is 5.72 Å². The van der Waals surface area contributed by atoms with Crippen molar-refractivity contribution >= 4 is 18.1 Å². The highest BCUT2D eigenvalue weighted by atomic mass is 16.5. The lowest BCUT2D eigenvalue weighted by molar-refractivity contribution is -0.228. The fraction of sp³-hybridized carbons (Fsp3) is 0.571. The van der Waals surface area contributed by atoms with Crippen molar-refractivity contribution in [1.82, 2.24) is 14.7 Å². The van der Waals surface area contributed by atoms with Gasteiger partial charge in [-0.05, 0) is 17.9 Å². The summed E-state index contributed by atoms with van der Waals surface area (Å²) in [4.78, 5) is 41.5. The standard InChI is InChI=1S/C21H29N3O6/c1-15(2)17(18(25)29-12-16-8-5-4-6-9-16)22(3)19(26)24-10-7-11-30-21(24)13-23(14-21)20(27)28/h4-6,8-9,15,17H,7,10-14H2,1-3H3,(H,27,28)/t17-/m0/s1. The number of carboxylic acid groups (broad SMARTS) is 1. The van der Waals surface area contributed by atoms with Crippen LogP contribution in [0.1, 0.15) is 25.8 Å². The zero-order valence-corrected chi connectivity index (χ0v) is 17.6. The summed E-state index contributed by atoms with van der Waals surface area (Å²) in [5.41, 5.74) is -0.0915. The predicted octanol–water partition coefficient (Wildman–Crippen LogP) is 2.22. The Balaban J connectivity index is 1.69. The van der Waals surface area contributed by atoms with E-state index in [1.54, 1.807) is 11.9 Å². The van der Waals surface area contributed by atoms with Crippen molar-refractivity contribution in [3.63, 3.8) is 0 Å². The van der Waals surface area contributed by atoms with E-state index in [4.69, 9.17) is 14.6 Å². The van der Waals surface area contributed by atoms with Gasteiger partial charge >= 0.3 is 18.1 Å². The molecule has 2 saturated heterocycles. The van der Waals surface area contributed by atoms with Gasteiger partial charge in [0, 0.05) is 13.6 Å². The smallest absolute Gasteiger partial charge is 0.407 e. The highest BCUT2D eigenvalue weighted by Gasteiger charge is 2.55. The molecule has 0 aliphatic carbocycles. The van der Waals surface area contributed by atoms with E-state index in [0.29, 0.717) is 19.6 Å². The molecule has 2 aliphatic rings. The minimum atomic E-state index is -1.04. The van der Waals surface area contributed by atoms with Gasteiger partial charge in [0.25, 0.3) is 0 Å². The third kappa shape index (κ3) is 4.35. The van der Waals surface area contributed by atoms with Crippen LogP contribution in [0.25, 0.3) is 0 Å². The number of amides is 3. The Kier molecular flexibility index (Phi) is 6.50. The maximum atomic E-state index is 13.3. The molecule has 0 unspecified atom stereocenters. The van der Waals surface area contributed by atoms with Crippen LogP contribution in [0.5, 0.6) is 0 Å². The number of esters is 1. The number of carbonyl (C=O) groups excluding carboxylic acids is 2. The molecule has 164 valence electrons. The average Bonchev–Trinajstić information content (AvgIpc) is 2.70. The van der Waals surface area contributed by atoms with E-state index in [2.05, 4.69) is 0 Å². The molecule has 1 spiro atoms. The number of carbonyl (C=O) groups is 3. The summed E-state index contributed by atoms with van der Waals surface area (Å²) < 4.78 is 11.3. The average molecular weight is 419 g/mol. The first-order valence-electron chi connectivity index (χ1n) is 10.1. The first-order valence-corrected chi connectivity index (χ1v) is 10.1. The van der Waals surface area contributed by atoms with Crippen molar-refractivity contribution in [3.05, 3.63) is 35.9 Å². The fourth-order valence-electron chi connectivity index (χ4n) is 3.98. The van der Waals surface area contributed by atoms with E-state index in [1.165, 1.54) is 9.80 Å². The molecule has 1 aromatic carbocycles. The highest BCUT2D eigenvalue weighted by Crippen LogP contribution is 2.34. The van der Waals surface area contributed by atoms with E-state index in [-0.39, 0.29) is 31.6 Å². The van der Waals surface area contributed by atoms with Gasteiger partial charge in [-0.25, -0.2) is 14.4 Å². The normalized spacial score (nSPS) is 18.7. The number of ether oxygens (including phenoxy) is 2. The Morgan fingerprint density at radius 1 is 1.23 bits per heavy atom. The molecule has 2 fully saturated rings. The predicted molar refractivity (Wildman–Crippen MR) is 108 cm³/mol. The van der Waals surface area contributed by atoms with E-state index in [9.17, 15) is 14.4 Å². The van der Waals surface area contributed by atoms with Crippen molar-refractivity contribution in [1.29, 1.82) is 0 Å².